The zero-order valence-corrected chi connectivity index (χ0v) is 13.6. The minimum Gasteiger partial charge on any atom is -0.466 e. The maximum Gasteiger partial charge on any atom is 0.346 e. The zero-order valence-electron chi connectivity index (χ0n) is 13.6. The second kappa shape index (κ2) is 6.68. The van der Waals surface area contributed by atoms with Gasteiger partial charge in [-0.25, -0.2) is 4.79 Å². The lowest BCUT2D eigenvalue weighted by molar-refractivity contribution is -0.145. The summed E-state index contributed by atoms with van der Waals surface area (Å²) in [6.45, 7) is 5.17. The molecule has 0 radical (unpaired) electrons. The number of nitrogens with zero attached hydrogens (tertiary/aromatic N) is 2. The molecule has 1 unspecified atom stereocenters. The van der Waals surface area contributed by atoms with Gasteiger partial charge in [0.2, 0.25) is 6.61 Å². The highest BCUT2D eigenvalue weighted by Gasteiger charge is 2.45. The number of oxime groups is 1. The van der Waals surface area contributed by atoms with Crippen LogP contribution >= 0.6 is 0 Å². The van der Waals surface area contributed by atoms with E-state index in [-0.39, 0.29) is 12.1 Å². The number of carbonyl (C=O) groups is 1. The van der Waals surface area contributed by atoms with Crippen molar-refractivity contribution in [1.82, 2.24) is 4.90 Å². The Labute approximate surface area is 136 Å². The molecule has 1 saturated heterocycles. The van der Waals surface area contributed by atoms with Crippen molar-refractivity contribution in [2.24, 2.45) is 5.16 Å². The number of benzene rings is 1. The summed E-state index contributed by atoms with van der Waals surface area (Å²) in [6, 6.07) is 8.22. The Morgan fingerprint density at radius 2 is 2.09 bits per heavy atom. The molecular weight excluding hydrogens is 296 g/mol. The molecule has 6 heteroatoms. The molecule has 1 aromatic carbocycles. The molecule has 1 heterocycles. The molecule has 2 aliphatic rings. The molecule has 1 atom stereocenters. The van der Waals surface area contributed by atoms with E-state index in [1.54, 1.807) is 0 Å². The lowest BCUT2D eigenvalue weighted by Gasteiger charge is -2.40. The molecule has 0 amide bonds. The molecule has 1 aliphatic carbocycles. The molecule has 6 nitrogen and oxygen atoms in total. The highest BCUT2D eigenvalue weighted by Crippen LogP contribution is 2.35. The summed E-state index contributed by atoms with van der Waals surface area (Å²) < 4.78 is 10.1. The minimum atomic E-state index is -0.436. The Morgan fingerprint density at radius 1 is 1.35 bits per heavy atom. The molecular formula is C17H22N2O4. The molecule has 0 aromatic heterocycles. The van der Waals surface area contributed by atoms with E-state index in [1.807, 2.05) is 12.1 Å². The predicted molar refractivity (Wildman–Crippen MR) is 85.4 cm³/mol. The van der Waals surface area contributed by atoms with E-state index >= 15 is 0 Å². The Balaban J connectivity index is 1.88. The van der Waals surface area contributed by atoms with Crippen molar-refractivity contribution >= 4 is 11.7 Å². The smallest absolute Gasteiger partial charge is 0.346 e. The number of hydrogen-bond acceptors (Lipinski definition) is 6. The van der Waals surface area contributed by atoms with E-state index in [0.29, 0.717) is 0 Å². The molecule has 1 aliphatic heterocycles. The summed E-state index contributed by atoms with van der Waals surface area (Å²) in [5, 5.41) is 4.31. The van der Waals surface area contributed by atoms with Crippen LogP contribution in [-0.4, -0.2) is 62.1 Å². The van der Waals surface area contributed by atoms with Gasteiger partial charge in [0.25, 0.3) is 0 Å². The number of hydrogen-bond donors (Lipinski definition) is 0. The number of morpholine rings is 1. The van der Waals surface area contributed by atoms with Gasteiger partial charge in [0, 0.05) is 18.7 Å². The molecule has 23 heavy (non-hydrogen) atoms. The number of methoxy groups -OCH3 is 1. The second-order valence-electron chi connectivity index (χ2n) is 6.00. The number of fused-ring (bicyclic) bond motifs is 1. The molecule has 0 spiro atoms. The summed E-state index contributed by atoms with van der Waals surface area (Å²) in [5.74, 6) is -0.436. The quantitative estimate of drug-likeness (QED) is 0.617. The van der Waals surface area contributed by atoms with Gasteiger partial charge in [0.15, 0.2) is 0 Å². The van der Waals surface area contributed by atoms with Crippen molar-refractivity contribution in [3.05, 3.63) is 35.4 Å². The topological polar surface area (TPSA) is 60.4 Å². The van der Waals surface area contributed by atoms with Gasteiger partial charge in [-0.1, -0.05) is 29.4 Å². The van der Waals surface area contributed by atoms with Crippen LogP contribution < -0.4 is 0 Å². The van der Waals surface area contributed by atoms with Crippen molar-refractivity contribution in [2.75, 3.05) is 40.0 Å². The Bertz CT molecular complexity index is 610. The molecule has 0 bridgehead atoms. The monoisotopic (exact) mass is 318 g/mol. The number of rotatable bonds is 4. The largest absolute Gasteiger partial charge is 0.466 e. The van der Waals surface area contributed by atoms with E-state index in [9.17, 15) is 4.79 Å². The fourth-order valence-corrected chi connectivity index (χ4v) is 3.32. The summed E-state index contributed by atoms with van der Waals surface area (Å²) in [6.07, 6.45) is 0.879. The summed E-state index contributed by atoms with van der Waals surface area (Å²) in [7, 11) is 1.33. The van der Waals surface area contributed by atoms with Gasteiger partial charge in [0.1, 0.15) is 5.71 Å². The zero-order chi connectivity index (χ0) is 16.3. The van der Waals surface area contributed by atoms with Crippen molar-refractivity contribution in [3.8, 4) is 0 Å². The Morgan fingerprint density at radius 3 is 2.83 bits per heavy atom. The normalized spacial score (nSPS) is 26.1. The Kier molecular flexibility index (Phi) is 4.63. The lowest BCUT2D eigenvalue weighted by Crippen LogP contribution is -2.55. The maximum absolute atomic E-state index is 11.3. The van der Waals surface area contributed by atoms with Crippen molar-refractivity contribution < 1.29 is 19.1 Å². The van der Waals surface area contributed by atoms with Crippen LogP contribution in [0.3, 0.4) is 0 Å². The number of ether oxygens (including phenoxy) is 2. The maximum atomic E-state index is 11.3. The summed E-state index contributed by atoms with van der Waals surface area (Å²) in [5.41, 5.74) is 2.97. The standard InChI is InChI=1S/C17H22N2O4/c1-17(19-7-9-22-10-8-19)11-13-5-3-4-6-14(13)16(17)18-23-12-15(20)21-2/h3-6H,7-12H2,1-2H3. The first-order chi connectivity index (χ1) is 11.1. The first-order valence-corrected chi connectivity index (χ1v) is 7.83. The van der Waals surface area contributed by atoms with Gasteiger partial charge in [-0.15, -0.1) is 0 Å². The van der Waals surface area contributed by atoms with Gasteiger partial charge in [-0.05, 0) is 18.9 Å². The van der Waals surface area contributed by atoms with Gasteiger partial charge >= 0.3 is 5.97 Å². The predicted octanol–water partition coefficient (Wildman–Crippen LogP) is 1.23. The van der Waals surface area contributed by atoms with Crippen molar-refractivity contribution in [2.45, 2.75) is 18.9 Å². The Hall–Kier alpha value is -1.92. The fourth-order valence-electron chi connectivity index (χ4n) is 3.32. The van der Waals surface area contributed by atoms with Crippen LogP contribution in [0, 0.1) is 0 Å². The van der Waals surface area contributed by atoms with Crippen LogP contribution in [0.4, 0.5) is 0 Å². The molecule has 1 fully saturated rings. The highest BCUT2D eigenvalue weighted by atomic mass is 16.6. The van der Waals surface area contributed by atoms with E-state index in [2.05, 4.69) is 33.8 Å². The minimum absolute atomic E-state index is 0.179. The van der Waals surface area contributed by atoms with Crippen LogP contribution in [0.25, 0.3) is 0 Å². The van der Waals surface area contributed by atoms with Crippen LogP contribution in [0.1, 0.15) is 18.1 Å². The highest BCUT2D eigenvalue weighted by molar-refractivity contribution is 6.11. The van der Waals surface area contributed by atoms with E-state index in [1.165, 1.54) is 12.7 Å². The average Bonchev–Trinajstić information content (AvgIpc) is 2.89. The molecule has 0 N–H and O–H groups in total. The first kappa shape index (κ1) is 16.0. The SMILES string of the molecule is COC(=O)CON=C1c2ccccc2CC1(C)N1CCOCC1. The molecule has 124 valence electrons. The van der Waals surface area contributed by atoms with E-state index < -0.39 is 5.97 Å². The van der Waals surface area contributed by atoms with Crippen LogP contribution in [0.5, 0.6) is 0 Å². The number of esters is 1. The molecule has 1 aromatic rings. The van der Waals surface area contributed by atoms with Gasteiger partial charge in [-0.3, -0.25) is 4.90 Å². The third kappa shape index (κ3) is 3.09. The number of carbonyl (C=O) groups excluding carboxylic acids is 1. The van der Waals surface area contributed by atoms with Gasteiger partial charge in [0.05, 0.1) is 25.9 Å². The second-order valence-corrected chi connectivity index (χ2v) is 6.00. The third-order valence-electron chi connectivity index (χ3n) is 4.59. The van der Waals surface area contributed by atoms with Crippen LogP contribution in [0.2, 0.25) is 0 Å². The van der Waals surface area contributed by atoms with Gasteiger partial charge < -0.3 is 14.3 Å². The summed E-state index contributed by atoms with van der Waals surface area (Å²) in [4.78, 5) is 18.9. The summed E-state index contributed by atoms with van der Waals surface area (Å²) >= 11 is 0. The fraction of sp³-hybridized carbons (Fsp3) is 0.529. The van der Waals surface area contributed by atoms with Crippen molar-refractivity contribution in [3.63, 3.8) is 0 Å². The van der Waals surface area contributed by atoms with Crippen LogP contribution in [0.15, 0.2) is 29.4 Å². The molecule has 3 rings (SSSR count). The van der Waals surface area contributed by atoms with E-state index in [0.717, 1.165) is 44.0 Å². The van der Waals surface area contributed by atoms with Crippen molar-refractivity contribution in [1.29, 1.82) is 0 Å². The van der Waals surface area contributed by atoms with Crippen LogP contribution in [-0.2, 0) is 25.5 Å². The van der Waals surface area contributed by atoms with Gasteiger partial charge in [-0.2, -0.15) is 0 Å². The first-order valence-electron chi connectivity index (χ1n) is 7.83. The average molecular weight is 318 g/mol. The van der Waals surface area contributed by atoms with E-state index in [4.69, 9.17) is 9.57 Å². The lowest BCUT2D eigenvalue weighted by atomic mass is 9.93. The third-order valence-corrected chi connectivity index (χ3v) is 4.59. The molecule has 0 saturated carbocycles.